The molecule has 4 nitrogen and oxygen atoms in total. The van der Waals surface area contributed by atoms with Crippen LogP contribution in [-0.2, 0) is 0 Å². The molecule has 0 unspecified atom stereocenters. The van der Waals surface area contributed by atoms with Crippen molar-refractivity contribution in [2.24, 2.45) is 0 Å². The van der Waals surface area contributed by atoms with Gasteiger partial charge in [-0.3, -0.25) is 9.59 Å². The van der Waals surface area contributed by atoms with Gasteiger partial charge < -0.3 is 9.64 Å². The summed E-state index contributed by atoms with van der Waals surface area (Å²) in [5, 5.41) is 0.988. The quantitative estimate of drug-likeness (QED) is 0.524. The minimum atomic E-state index is -0.497. The first-order valence-electron chi connectivity index (χ1n) is 8.89. The van der Waals surface area contributed by atoms with Gasteiger partial charge in [-0.15, -0.1) is 0 Å². The molecule has 0 bridgehead atoms. The first-order valence-corrected chi connectivity index (χ1v) is 9.71. The van der Waals surface area contributed by atoms with E-state index in [1.54, 1.807) is 11.8 Å². The molecule has 0 radical (unpaired) electrons. The molecule has 0 saturated heterocycles. The van der Waals surface area contributed by atoms with Gasteiger partial charge in [-0.1, -0.05) is 50.6 Å². The van der Waals surface area contributed by atoms with Gasteiger partial charge in [0.25, 0.3) is 5.43 Å². The number of unbranched alkanes of at least 4 members (excludes halogenated alkanes) is 2. The van der Waals surface area contributed by atoms with Crippen LogP contribution in [0.1, 0.15) is 45.1 Å². The number of rotatable bonds is 8. The molecule has 3 rings (SSSR count). The molecule has 0 fully saturated rings. The van der Waals surface area contributed by atoms with Gasteiger partial charge in [0.05, 0.1) is 22.9 Å². The zero-order chi connectivity index (χ0) is 17.8. The third kappa shape index (κ3) is 3.52. The van der Waals surface area contributed by atoms with Crippen LogP contribution >= 0.6 is 11.8 Å². The van der Waals surface area contributed by atoms with Crippen LogP contribution in [0, 0.1) is 0 Å². The minimum absolute atomic E-state index is 0.234. The number of benzene rings is 1. The molecule has 2 aromatic rings. The predicted molar refractivity (Wildman–Crippen MR) is 104 cm³/mol. The van der Waals surface area contributed by atoms with E-state index in [0.717, 1.165) is 37.3 Å². The monoisotopic (exact) mass is 357 g/mol. The van der Waals surface area contributed by atoms with Crippen molar-refractivity contribution in [3.63, 3.8) is 0 Å². The van der Waals surface area contributed by atoms with Gasteiger partial charge in [-0.2, -0.15) is 0 Å². The van der Waals surface area contributed by atoms with E-state index in [0.29, 0.717) is 12.2 Å². The molecule has 5 heteroatoms. The molecule has 0 amide bonds. The lowest BCUT2D eigenvalue weighted by atomic mass is 10.1. The van der Waals surface area contributed by atoms with Crippen molar-refractivity contribution in [1.82, 2.24) is 0 Å². The van der Waals surface area contributed by atoms with E-state index in [9.17, 15) is 9.59 Å². The summed E-state index contributed by atoms with van der Waals surface area (Å²) in [7, 11) is 0. The van der Waals surface area contributed by atoms with Gasteiger partial charge in [0.1, 0.15) is 0 Å². The lowest BCUT2D eigenvalue weighted by Crippen LogP contribution is -2.36. The summed E-state index contributed by atoms with van der Waals surface area (Å²) in [5.74, 6) is 0.234. The highest BCUT2D eigenvalue weighted by atomic mass is 32.2. The van der Waals surface area contributed by atoms with E-state index in [1.165, 1.54) is 10.6 Å². The van der Waals surface area contributed by atoms with Crippen molar-refractivity contribution >= 4 is 23.5 Å². The highest BCUT2D eigenvalue weighted by Gasteiger charge is 2.27. The Hall–Kier alpha value is -2.01. The van der Waals surface area contributed by atoms with E-state index in [1.807, 2.05) is 18.2 Å². The molecular formula is C20H23NO3S. The zero-order valence-electron chi connectivity index (χ0n) is 14.7. The van der Waals surface area contributed by atoms with E-state index >= 15 is 0 Å². The normalized spacial score (nSPS) is 15.1. The Labute approximate surface area is 152 Å². The number of nitrogens with zero attached hydrogens (tertiary/aromatic N) is 1. The van der Waals surface area contributed by atoms with Gasteiger partial charge in [0, 0.05) is 11.4 Å². The maximum atomic E-state index is 12.0. The van der Waals surface area contributed by atoms with Crippen molar-refractivity contribution in [1.29, 1.82) is 0 Å². The summed E-state index contributed by atoms with van der Waals surface area (Å²) in [5.41, 5.74) is 0.645. The second-order valence-corrected chi connectivity index (χ2v) is 7.22. The maximum absolute atomic E-state index is 12.0. The van der Waals surface area contributed by atoms with Crippen molar-refractivity contribution in [3.8, 4) is 5.75 Å². The van der Waals surface area contributed by atoms with Gasteiger partial charge in [0.2, 0.25) is 5.43 Å². The van der Waals surface area contributed by atoms with Gasteiger partial charge in [0.15, 0.2) is 5.75 Å². The molecule has 1 aliphatic heterocycles. The van der Waals surface area contributed by atoms with Crippen molar-refractivity contribution in [2.45, 2.75) is 44.4 Å². The summed E-state index contributed by atoms with van der Waals surface area (Å²) in [6.45, 7) is 5.60. The Morgan fingerprint density at radius 2 is 1.84 bits per heavy atom. The number of para-hydroxylation sites is 1. The number of anilines is 1. The average Bonchev–Trinajstić information content (AvgIpc) is 2.99. The number of fused-ring (bicyclic) bond motifs is 1. The zero-order valence-corrected chi connectivity index (χ0v) is 15.5. The minimum Gasteiger partial charge on any atom is -0.489 e. The topological polar surface area (TPSA) is 46.6 Å². The Balaban J connectivity index is 1.89. The molecular weight excluding hydrogens is 334 g/mol. The fourth-order valence-corrected chi connectivity index (χ4v) is 3.94. The van der Waals surface area contributed by atoms with Gasteiger partial charge >= 0.3 is 0 Å². The molecule has 0 aromatic heterocycles. The number of thioether (sulfide) groups is 1. The largest absolute Gasteiger partial charge is 0.489 e. The third-order valence-electron chi connectivity index (χ3n) is 4.29. The van der Waals surface area contributed by atoms with Crippen molar-refractivity contribution in [3.05, 3.63) is 55.3 Å². The highest BCUT2D eigenvalue weighted by Crippen LogP contribution is 2.46. The molecule has 1 heterocycles. The molecule has 0 atom stereocenters. The van der Waals surface area contributed by atoms with E-state index in [4.69, 9.17) is 4.74 Å². The summed E-state index contributed by atoms with van der Waals surface area (Å²) >= 11 is 1.64. The molecule has 0 N–H and O–H groups in total. The van der Waals surface area contributed by atoms with Crippen LogP contribution in [0.4, 0.5) is 5.69 Å². The van der Waals surface area contributed by atoms with Crippen LogP contribution in [0.2, 0.25) is 0 Å². The summed E-state index contributed by atoms with van der Waals surface area (Å²) in [6, 6.07) is 8.22. The van der Waals surface area contributed by atoms with Crippen molar-refractivity contribution in [2.75, 3.05) is 18.1 Å². The SMILES string of the molecule is CCCCOc1c(/C=C2/Sc3ccccc3N2CCCC)c(=O)c1=O. The summed E-state index contributed by atoms with van der Waals surface area (Å²) in [6.07, 6.45) is 5.85. The van der Waals surface area contributed by atoms with Crippen LogP contribution in [0.5, 0.6) is 5.75 Å². The van der Waals surface area contributed by atoms with Crippen LogP contribution in [0.15, 0.2) is 43.8 Å². The van der Waals surface area contributed by atoms with Gasteiger partial charge in [-0.25, -0.2) is 0 Å². The Kier molecular flexibility index (Phi) is 5.63. The lowest BCUT2D eigenvalue weighted by molar-refractivity contribution is 0.302. The maximum Gasteiger partial charge on any atom is 0.268 e. The van der Waals surface area contributed by atoms with E-state index in [-0.39, 0.29) is 5.75 Å². The lowest BCUT2D eigenvalue weighted by Gasteiger charge is -2.20. The third-order valence-corrected chi connectivity index (χ3v) is 5.40. The van der Waals surface area contributed by atoms with E-state index < -0.39 is 10.9 Å². The predicted octanol–water partition coefficient (Wildman–Crippen LogP) is 4.17. The second-order valence-electron chi connectivity index (χ2n) is 6.16. The number of hydrogen-bond donors (Lipinski definition) is 0. The summed E-state index contributed by atoms with van der Waals surface area (Å²) < 4.78 is 5.55. The molecule has 132 valence electrons. The smallest absolute Gasteiger partial charge is 0.268 e. The Morgan fingerprint density at radius 3 is 2.60 bits per heavy atom. The van der Waals surface area contributed by atoms with Crippen LogP contribution in [-0.4, -0.2) is 13.2 Å². The highest BCUT2D eigenvalue weighted by molar-refractivity contribution is 8.03. The van der Waals surface area contributed by atoms with Crippen LogP contribution in [0.25, 0.3) is 6.08 Å². The first-order chi connectivity index (χ1) is 12.2. The standard InChI is InChI=1S/C20H23NO3S/c1-3-5-11-21-15-9-7-8-10-16(15)25-17(21)13-14-18(22)19(23)20(14)24-12-6-4-2/h7-10,13H,3-6,11-12H2,1-2H3/b17-13+. The fourth-order valence-electron chi connectivity index (χ4n) is 2.81. The van der Waals surface area contributed by atoms with E-state index in [2.05, 4.69) is 30.9 Å². The van der Waals surface area contributed by atoms with Crippen LogP contribution < -0.4 is 20.5 Å². The average molecular weight is 357 g/mol. The molecule has 0 spiro atoms. The molecule has 0 aliphatic carbocycles. The van der Waals surface area contributed by atoms with Crippen molar-refractivity contribution < 1.29 is 4.74 Å². The number of hydrogen-bond acceptors (Lipinski definition) is 5. The molecule has 1 aliphatic rings. The fraction of sp³-hybridized carbons (Fsp3) is 0.400. The second kappa shape index (κ2) is 7.91. The van der Waals surface area contributed by atoms with Gasteiger partial charge in [-0.05, 0) is 31.1 Å². The molecule has 2 aromatic carbocycles. The number of ether oxygens (including phenoxy) is 1. The van der Waals surface area contributed by atoms with Crippen LogP contribution in [0.3, 0.4) is 0 Å². The summed E-state index contributed by atoms with van der Waals surface area (Å²) in [4.78, 5) is 27.3. The Morgan fingerprint density at radius 1 is 1.08 bits per heavy atom. The molecule has 0 saturated carbocycles. The molecule has 25 heavy (non-hydrogen) atoms. The first kappa shape index (κ1) is 17.8. The Bertz CT molecular complexity index is 849.